The molecule has 1 saturated heterocycles. The van der Waals surface area contributed by atoms with Gasteiger partial charge in [0.05, 0.1) is 16.1 Å². The lowest BCUT2D eigenvalue weighted by atomic mass is 10.1. The molecule has 0 unspecified atom stereocenters. The van der Waals surface area contributed by atoms with Gasteiger partial charge in [0.15, 0.2) is 0 Å². The fourth-order valence-corrected chi connectivity index (χ4v) is 4.96. The molecule has 8 nitrogen and oxygen atoms in total. The van der Waals surface area contributed by atoms with Gasteiger partial charge in [0.2, 0.25) is 16.0 Å². The molecule has 184 valence electrons. The van der Waals surface area contributed by atoms with Crippen molar-refractivity contribution in [1.29, 1.82) is 0 Å². The molecule has 2 heterocycles. The van der Waals surface area contributed by atoms with Crippen LogP contribution in [0.2, 0.25) is 0 Å². The van der Waals surface area contributed by atoms with Crippen molar-refractivity contribution in [3.05, 3.63) is 71.5 Å². The van der Waals surface area contributed by atoms with E-state index in [0.29, 0.717) is 24.7 Å². The number of piperazine rings is 1. The molecule has 4 rings (SSSR count). The minimum atomic E-state index is -4.80. The third-order valence-corrected chi connectivity index (χ3v) is 7.16. The molecule has 1 aliphatic rings. The Kier molecular flexibility index (Phi) is 7.05. The maximum atomic E-state index is 13.8. The van der Waals surface area contributed by atoms with Crippen LogP contribution in [0.3, 0.4) is 0 Å². The maximum absolute atomic E-state index is 13.8. The molecule has 3 N–H and O–H groups in total. The highest BCUT2D eigenvalue weighted by atomic mass is 32.2. The van der Waals surface area contributed by atoms with E-state index in [1.807, 2.05) is 0 Å². The normalized spacial score (nSPS) is 15.4. The van der Waals surface area contributed by atoms with E-state index in [-0.39, 0.29) is 30.5 Å². The SMILES string of the molecule is O=S(=O)(c1ccc(Nc2ncc(/C=C/c3cccc(O)c3)cn2)c(C(F)(F)F)c1)N1CCNCC1. The average molecular weight is 506 g/mol. The molecule has 0 bridgehead atoms. The highest BCUT2D eigenvalue weighted by Gasteiger charge is 2.36. The van der Waals surface area contributed by atoms with Gasteiger partial charge in [0.25, 0.3) is 0 Å². The van der Waals surface area contributed by atoms with Crippen molar-refractivity contribution in [2.75, 3.05) is 31.5 Å². The molecule has 0 spiro atoms. The molecule has 35 heavy (non-hydrogen) atoms. The molecule has 3 aromatic rings. The van der Waals surface area contributed by atoms with Crippen molar-refractivity contribution in [1.82, 2.24) is 19.6 Å². The molecule has 0 atom stereocenters. The molecule has 0 saturated carbocycles. The number of nitrogens with one attached hydrogen (secondary N) is 2. The first-order chi connectivity index (χ1) is 16.6. The summed E-state index contributed by atoms with van der Waals surface area (Å²) in [5.74, 6) is 0.0397. The van der Waals surface area contributed by atoms with Gasteiger partial charge in [-0.3, -0.25) is 0 Å². The number of hydrogen-bond donors (Lipinski definition) is 3. The molecule has 0 amide bonds. The predicted molar refractivity (Wildman–Crippen MR) is 125 cm³/mol. The third kappa shape index (κ3) is 5.96. The van der Waals surface area contributed by atoms with Gasteiger partial charge in [-0.1, -0.05) is 24.3 Å². The van der Waals surface area contributed by atoms with E-state index in [0.717, 1.165) is 22.0 Å². The van der Waals surface area contributed by atoms with Crippen molar-refractivity contribution in [3.63, 3.8) is 0 Å². The second-order valence-corrected chi connectivity index (χ2v) is 9.69. The van der Waals surface area contributed by atoms with Gasteiger partial charge in [0.1, 0.15) is 5.75 Å². The number of halogens is 3. The van der Waals surface area contributed by atoms with Gasteiger partial charge < -0.3 is 15.7 Å². The van der Waals surface area contributed by atoms with Gasteiger partial charge >= 0.3 is 6.18 Å². The Morgan fingerprint density at radius 3 is 2.34 bits per heavy atom. The van der Waals surface area contributed by atoms with Crippen LogP contribution in [0, 0.1) is 0 Å². The summed E-state index contributed by atoms with van der Waals surface area (Å²) in [4.78, 5) is 7.67. The number of rotatable bonds is 6. The van der Waals surface area contributed by atoms with Gasteiger partial charge in [-0.05, 0) is 35.9 Å². The molecule has 0 aliphatic carbocycles. The first-order valence-corrected chi connectivity index (χ1v) is 12.1. The summed E-state index contributed by atoms with van der Waals surface area (Å²) in [6, 6.07) is 9.43. The lowest BCUT2D eigenvalue weighted by Crippen LogP contribution is -2.46. The summed E-state index contributed by atoms with van der Waals surface area (Å²) in [7, 11) is -4.06. The van der Waals surface area contributed by atoms with Gasteiger partial charge in [-0.15, -0.1) is 0 Å². The molecule has 1 aromatic heterocycles. The lowest BCUT2D eigenvalue weighted by molar-refractivity contribution is -0.137. The first kappa shape index (κ1) is 24.6. The summed E-state index contributed by atoms with van der Waals surface area (Å²) in [5.41, 5.74) is -0.157. The van der Waals surface area contributed by atoms with Crippen molar-refractivity contribution in [2.24, 2.45) is 0 Å². The third-order valence-electron chi connectivity index (χ3n) is 5.27. The van der Waals surface area contributed by atoms with Crippen LogP contribution in [-0.4, -0.2) is 54.0 Å². The molecule has 12 heteroatoms. The number of phenolic OH excluding ortho intramolecular Hbond substituents is 1. The smallest absolute Gasteiger partial charge is 0.418 e. The van der Waals surface area contributed by atoms with Crippen LogP contribution in [0.5, 0.6) is 5.75 Å². The number of aromatic nitrogens is 2. The number of alkyl halides is 3. The summed E-state index contributed by atoms with van der Waals surface area (Å²) in [6.07, 6.45) is 1.46. The fraction of sp³-hybridized carbons (Fsp3) is 0.217. The van der Waals surface area contributed by atoms with Crippen molar-refractivity contribution >= 4 is 33.8 Å². The molecule has 0 radical (unpaired) electrons. The van der Waals surface area contributed by atoms with Crippen LogP contribution in [0.25, 0.3) is 12.2 Å². The quantitative estimate of drug-likeness (QED) is 0.469. The summed E-state index contributed by atoms with van der Waals surface area (Å²) in [6.45, 7) is 1.23. The molecule has 1 aliphatic heterocycles. The van der Waals surface area contributed by atoms with E-state index >= 15 is 0 Å². The molecule has 2 aromatic carbocycles. The predicted octanol–water partition coefficient (Wildman–Crippen LogP) is 3.71. The topological polar surface area (TPSA) is 107 Å². The van der Waals surface area contributed by atoms with Crippen molar-refractivity contribution < 1.29 is 26.7 Å². The number of aromatic hydroxyl groups is 1. The second-order valence-electron chi connectivity index (χ2n) is 7.75. The van der Waals surface area contributed by atoms with E-state index in [9.17, 15) is 26.7 Å². The second kappa shape index (κ2) is 10.0. The minimum Gasteiger partial charge on any atom is -0.508 e. The summed E-state index contributed by atoms with van der Waals surface area (Å²) < 4.78 is 68.2. The number of hydrogen-bond acceptors (Lipinski definition) is 7. The van der Waals surface area contributed by atoms with Gasteiger partial charge in [0, 0.05) is 44.1 Å². The van der Waals surface area contributed by atoms with Gasteiger partial charge in [-0.2, -0.15) is 17.5 Å². The van der Waals surface area contributed by atoms with Crippen LogP contribution < -0.4 is 10.6 Å². The van der Waals surface area contributed by atoms with Crippen LogP contribution in [0.15, 0.2) is 59.8 Å². The van der Waals surface area contributed by atoms with Crippen LogP contribution >= 0.6 is 0 Å². The van der Waals surface area contributed by atoms with E-state index < -0.39 is 26.7 Å². The Bertz CT molecular complexity index is 1320. The number of phenols is 1. The van der Waals surface area contributed by atoms with Crippen molar-refractivity contribution in [2.45, 2.75) is 11.1 Å². The Morgan fingerprint density at radius 2 is 1.69 bits per heavy atom. The van der Waals surface area contributed by atoms with Gasteiger partial charge in [-0.25, -0.2) is 18.4 Å². The number of nitrogens with zero attached hydrogens (tertiary/aromatic N) is 3. The van der Waals surface area contributed by atoms with E-state index in [1.54, 1.807) is 36.4 Å². The largest absolute Gasteiger partial charge is 0.508 e. The minimum absolute atomic E-state index is 0.0808. The van der Waals surface area contributed by atoms with Crippen LogP contribution in [-0.2, 0) is 16.2 Å². The number of sulfonamides is 1. The number of anilines is 2. The summed E-state index contributed by atoms with van der Waals surface area (Å²) >= 11 is 0. The average Bonchev–Trinajstić information content (AvgIpc) is 2.84. The molecular weight excluding hydrogens is 483 g/mol. The van der Waals surface area contributed by atoms with E-state index in [2.05, 4.69) is 20.6 Å². The monoisotopic (exact) mass is 505 g/mol. The van der Waals surface area contributed by atoms with Crippen LogP contribution in [0.4, 0.5) is 24.8 Å². The van der Waals surface area contributed by atoms with E-state index in [4.69, 9.17) is 0 Å². The van der Waals surface area contributed by atoms with Crippen molar-refractivity contribution in [3.8, 4) is 5.75 Å². The van der Waals surface area contributed by atoms with Crippen LogP contribution in [0.1, 0.15) is 16.7 Å². The Labute approximate surface area is 200 Å². The Hall–Kier alpha value is -3.48. The van der Waals surface area contributed by atoms with E-state index in [1.165, 1.54) is 12.4 Å². The standard InChI is InChI=1S/C23H22F3N5O3S/c24-23(25,26)20-13-19(35(33,34)31-10-8-27-9-11-31)6-7-21(20)30-22-28-14-17(15-29-22)5-4-16-2-1-3-18(32)12-16/h1-7,12-15,27,32H,8-11H2,(H,28,29,30)/b5-4+. The first-order valence-electron chi connectivity index (χ1n) is 10.6. The highest BCUT2D eigenvalue weighted by molar-refractivity contribution is 7.89. The fourth-order valence-electron chi connectivity index (χ4n) is 3.49. The zero-order valence-corrected chi connectivity index (χ0v) is 19.1. The summed E-state index contributed by atoms with van der Waals surface area (Å²) in [5, 5.41) is 15.0. The number of benzene rings is 2. The maximum Gasteiger partial charge on any atom is 0.418 e. The Balaban J connectivity index is 1.55. The highest BCUT2D eigenvalue weighted by Crippen LogP contribution is 2.37. The molecule has 1 fully saturated rings. The Morgan fingerprint density at radius 1 is 1.00 bits per heavy atom. The zero-order valence-electron chi connectivity index (χ0n) is 18.3. The molecular formula is C23H22F3N5O3S. The zero-order chi connectivity index (χ0) is 25.1. The lowest BCUT2D eigenvalue weighted by Gasteiger charge is -2.27.